The van der Waals surface area contributed by atoms with E-state index in [-0.39, 0.29) is 11.9 Å². The number of nitrogens with one attached hydrogen (secondary N) is 1. The molecule has 0 aliphatic carbocycles. The smallest absolute Gasteiger partial charge is 0.217 e. The van der Waals surface area contributed by atoms with Crippen LogP contribution in [0.1, 0.15) is 25.5 Å². The summed E-state index contributed by atoms with van der Waals surface area (Å²) in [7, 11) is 0. The van der Waals surface area contributed by atoms with Crippen molar-refractivity contribution in [2.45, 2.75) is 25.8 Å². The molecule has 1 aromatic rings. The highest BCUT2D eigenvalue weighted by Gasteiger charge is 2.20. The predicted octanol–water partition coefficient (Wildman–Crippen LogP) is 0.821. The number of amides is 1. The first-order valence-corrected chi connectivity index (χ1v) is 6.75. The van der Waals surface area contributed by atoms with Crippen LogP contribution in [-0.4, -0.2) is 35.0 Å². The quantitative estimate of drug-likeness (QED) is 0.801. The van der Waals surface area contributed by atoms with Gasteiger partial charge in [0.15, 0.2) is 0 Å². The highest BCUT2D eigenvalue weighted by Crippen LogP contribution is 2.20. The number of aromatic nitrogens is 1. The Morgan fingerprint density at radius 1 is 1.53 bits per heavy atom. The van der Waals surface area contributed by atoms with Crippen LogP contribution in [0.15, 0.2) is 18.3 Å². The Labute approximate surface area is 118 Å². The van der Waals surface area contributed by atoms with E-state index >= 15 is 0 Å². The number of nitrogens with two attached hydrogens (primary N) is 1. The number of anilines is 1. The SMILES string of the molecule is CC(=O)NC1CCN(c2ccnc(C(N)=S)c2)CC1. The van der Waals surface area contributed by atoms with Crippen molar-refractivity contribution in [1.82, 2.24) is 10.3 Å². The summed E-state index contributed by atoms with van der Waals surface area (Å²) in [5.74, 6) is 0.0399. The van der Waals surface area contributed by atoms with Gasteiger partial charge in [-0.25, -0.2) is 0 Å². The molecule has 0 spiro atoms. The molecule has 1 saturated heterocycles. The number of carbonyl (C=O) groups is 1. The second-order valence-electron chi connectivity index (χ2n) is 4.73. The van der Waals surface area contributed by atoms with Gasteiger partial charge < -0.3 is 16.0 Å². The minimum absolute atomic E-state index is 0.0399. The number of piperidine rings is 1. The van der Waals surface area contributed by atoms with Gasteiger partial charge in [0.2, 0.25) is 5.91 Å². The van der Waals surface area contributed by atoms with E-state index in [9.17, 15) is 4.79 Å². The van der Waals surface area contributed by atoms with Crippen LogP contribution < -0.4 is 16.0 Å². The van der Waals surface area contributed by atoms with Crippen molar-refractivity contribution in [3.8, 4) is 0 Å². The Kier molecular flexibility index (Phi) is 4.31. The first kappa shape index (κ1) is 13.7. The first-order chi connectivity index (χ1) is 9.06. The number of rotatable bonds is 3. The topological polar surface area (TPSA) is 71.2 Å². The van der Waals surface area contributed by atoms with Gasteiger partial charge in [0.1, 0.15) is 4.99 Å². The van der Waals surface area contributed by atoms with E-state index < -0.39 is 0 Å². The molecule has 2 heterocycles. The number of pyridine rings is 1. The molecule has 0 aromatic carbocycles. The Balaban J connectivity index is 1.99. The molecule has 6 heteroatoms. The number of hydrogen-bond acceptors (Lipinski definition) is 4. The molecule has 5 nitrogen and oxygen atoms in total. The Hall–Kier alpha value is -1.69. The van der Waals surface area contributed by atoms with Gasteiger partial charge in [0, 0.05) is 37.9 Å². The van der Waals surface area contributed by atoms with Gasteiger partial charge in [-0.3, -0.25) is 9.78 Å². The average molecular weight is 278 g/mol. The van der Waals surface area contributed by atoms with Crippen molar-refractivity contribution in [1.29, 1.82) is 0 Å². The molecule has 0 saturated carbocycles. The fourth-order valence-electron chi connectivity index (χ4n) is 2.32. The third kappa shape index (κ3) is 3.64. The second kappa shape index (κ2) is 5.97. The van der Waals surface area contributed by atoms with Crippen LogP contribution in [0.25, 0.3) is 0 Å². The second-order valence-corrected chi connectivity index (χ2v) is 5.17. The van der Waals surface area contributed by atoms with E-state index in [1.807, 2.05) is 12.1 Å². The van der Waals surface area contributed by atoms with Gasteiger partial charge in [-0.1, -0.05) is 12.2 Å². The molecule has 1 aliphatic heterocycles. The molecule has 1 fully saturated rings. The highest BCUT2D eigenvalue weighted by atomic mass is 32.1. The van der Waals surface area contributed by atoms with E-state index in [2.05, 4.69) is 15.2 Å². The van der Waals surface area contributed by atoms with Crippen LogP contribution >= 0.6 is 12.2 Å². The summed E-state index contributed by atoms with van der Waals surface area (Å²) < 4.78 is 0. The summed E-state index contributed by atoms with van der Waals surface area (Å²) in [6.07, 6.45) is 3.62. The van der Waals surface area contributed by atoms with Crippen molar-refractivity contribution in [2.24, 2.45) is 5.73 Å². The van der Waals surface area contributed by atoms with Crippen LogP contribution in [0.3, 0.4) is 0 Å². The summed E-state index contributed by atoms with van der Waals surface area (Å²) in [5, 5.41) is 2.96. The average Bonchev–Trinajstić information content (AvgIpc) is 2.39. The Morgan fingerprint density at radius 3 is 2.79 bits per heavy atom. The number of nitrogens with zero attached hydrogens (tertiary/aromatic N) is 2. The molecule has 1 aliphatic rings. The Morgan fingerprint density at radius 2 is 2.21 bits per heavy atom. The lowest BCUT2D eigenvalue weighted by atomic mass is 10.0. The van der Waals surface area contributed by atoms with Crippen LogP contribution in [-0.2, 0) is 4.79 Å². The molecule has 0 atom stereocenters. The molecule has 19 heavy (non-hydrogen) atoms. The van der Waals surface area contributed by atoms with Crippen molar-refractivity contribution < 1.29 is 4.79 Å². The van der Waals surface area contributed by atoms with E-state index in [0.29, 0.717) is 10.7 Å². The van der Waals surface area contributed by atoms with Crippen LogP contribution in [0.5, 0.6) is 0 Å². The fourth-order valence-corrected chi connectivity index (χ4v) is 2.43. The highest BCUT2D eigenvalue weighted by molar-refractivity contribution is 7.80. The molecule has 3 N–H and O–H groups in total. The molecule has 2 rings (SSSR count). The zero-order valence-electron chi connectivity index (χ0n) is 10.9. The maximum atomic E-state index is 11.0. The van der Waals surface area contributed by atoms with Crippen molar-refractivity contribution in [2.75, 3.05) is 18.0 Å². The summed E-state index contributed by atoms with van der Waals surface area (Å²) in [6.45, 7) is 3.38. The maximum absolute atomic E-state index is 11.0. The van der Waals surface area contributed by atoms with E-state index in [4.69, 9.17) is 18.0 Å². The van der Waals surface area contributed by atoms with Gasteiger partial charge in [0.05, 0.1) is 5.69 Å². The Bertz CT molecular complexity index is 483. The number of thiocarbonyl (C=S) groups is 1. The van der Waals surface area contributed by atoms with Crippen molar-refractivity contribution >= 4 is 28.8 Å². The largest absolute Gasteiger partial charge is 0.388 e. The zero-order valence-corrected chi connectivity index (χ0v) is 11.7. The van der Waals surface area contributed by atoms with E-state index in [1.165, 1.54) is 0 Å². The van der Waals surface area contributed by atoms with Gasteiger partial charge in [-0.2, -0.15) is 0 Å². The third-order valence-corrected chi connectivity index (χ3v) is 3.47. The van der Waals surface area contributed by atoms with Crippen LogP contribution in [0.2, 0.25) is 0 Å². The molecule has 0 unspecified atom stereocenters. The van der Waals surface area contributed by atoms with E-state index in [0.717, 1.165) is 31.6 Å². The fraction of sp³-hybridized carbons (Fsp3) is 0.462. The molecule has 1 aromatic heterocycles. The summed E-state index contributed by atoms with van der Waals surface area (Å²) in [6, 6.07) is 4.16. The van der Waals surface area contributed by atoms with Gasteiger partial charge in [-0.05, 0) is 25.0 Å². The molecular weight excluding hydrogens is 260 g/mol. The molecule has 1 amide bonds. The molecule has 0 radical (unpaired) electrons. The predicted molar refractivity (Wildman–Crippen MR) is 79.2 cm³/mol. The standard InChI is InChI=1S/C13H18N4OS/c1-9(18)16-10-3-6-17(7-4-10)11-2-5-15-12(8-11)13(14)19/h2,5,8,10H,3-4,6-7H2,1H3,(H2,14,19)(H,16,18). The lowest BCUT2D eigenvalue weighted by Crippen LogP contribution is -2.44. The number of carbonyl (C=O) groups excluding carboxylic acids is 1. The lowest BCUT2D eigenvalue weighted by molar-refractivity contribution is -0.119. The lowest BCUT2D eigenvalue weighted by Gasteiger charge is -2.33. The van der Waals surface area contributed by atoms with Gasteiger partial charge in [0.25, 0.3) is 0 Å². The minimum Gasteiger partial charge on any atom is -0.388 e. The molecular formula is C13H18N4OS. The number of hydrogen-bond donors (Lipinski definition) is 2. The van der Waals surface area contributed by atoms with Gasteiger partial charge >= 0.3 is 0 Å². The molecule has 0 bridgehead atoms. The summed E-state index contributed by atoms with van der Waals surface area (Å²) in [5.41, 5.74) is 7.32. The monoisotopic (exact) mass is 278 g/mol. The van der Waals surface area contributed by atoms with Gasteiger partial charge in [-0.15, -0.1) is 0 Å². The summed E-state index contributed by atoms with van der Waals surface area (Å²) >= 11 is 4.94. The third-order valence-electron chi connectivity index (χ3n) is 3.26. The first-order valence-electron chi connectivity index (χ1n) is 6.34. The van der Waals surface area contributed by atoms with Crippen molar-refractivity contribution in [3.63, 3.8) is 0 Å². The van der Waals surface area contributed by atoms with Crippen LogP contribution in [0, 0.1) is 0 Å². The molecule has 102 valence electrons. The van der Waals surface area contributed by atoms with E-state index in [1.54, 1.807) is 13.1 Å². The van der Waals surface area contributed by atoms with Crippen LogP contribution in [0.4, 0.5) is 5.69 Å². The normalized spacial score (nSPS) is 16.2. The van der Waals surface area contributed by atoms with Crippen molar-refractivity contribution in [3.05, 3.63) is 24.0 Å². The zero-order chi connectivity index (χ0) is 13.8. The maximum Gasteiger partial charge on any atom is 0.217 e. The minimum atomic E-state index is 0.0399. The summed E-state index contributed by atoms with van der Waals surface area (Å²) in [4.78, 5) is 17.7.